The van der Waals surface area contributed by atoms with Crippen molar-refractivity contribution in [3.63, 3.8) is 0 Å². The Morgan fingerprint density at radius 3 is 2.86 bits per heavy atom. The number of hydrogen-bond donors (Lipinski definition) is 2. The van der Waals surface area contributed by atoms with Crippen molar-refractivity contribution in [2.24, 2.45) is 0 Å². The lowest BCUT2D eigenvalue weighted by Crippen LogP contribution is -2.28. The molecule has 150 valence electrons. The number of nitrogens with zero attached hydrogens (tertiary/aromatic N) is 3. The van der Waals surface area contributed by atoms with Gasteiger partial charge >= 0.3 is 6.03 Å². The van der Waals surface area contributed by atoms with E-state index < -0.39 is 6.03 Å². The van der Waals surface area contributed by atoms with Crippen LogP contribution in [-0.4, -0.2) is 33.9 Å². The molecule has 0 radical (unpaired) electrons. The van der Waals surface area contributed by atoms with Crippen LogP contribution >= 0.6 is 11.3 Å². The van der Waals surface area contributed by atoms with E-state index >= 15 is 0 Å². The van der Waals surface area contributed by atoms with Gasteiger partial charge in [-0.2, -0.15) is 0 Å². The number of pyridine rings is 1. The molecule has 0 fully saturated rings. The number of amides is 3. The van der Waals surface area contributed by atoms with Gasteiger partial charge in [-0.15, -0.1) is 11.3 Å². The van der Waals surface area contributed by atoms with E-state index in [1.165, 1.54) is 23.5 Å². The van der Waals surface area contributed by atoms with E-state index in [1.54, 1.807) is 47.9 Å². The Morgan fingerprint density at radius 2 is 2.10 bits per heavy atom. The van der Waals surface area contributed by atoms with Gasteiger partial charge in [0.25, 0.3) is 5.91 Å². The van der Waals surface area contributed by atoms with Crippen LogP contribution in [0.1, 0.15) is 27.2 Å². The van der Waals surface area contributed by atoms with Crippen molar-refractivity contribution in [2.75, 3.05) is 12.4 Å². The van der Waals surface area contributed by atoms with Crippen LogP contribution in [0.25, 0.3) is 0 Å². The van der Waals surface area contributed by atoms with Gasteiger partial charge < -0.3 is 10.2 Å². The van der Waals surface area contributed by atoms with Crippen LogP contribution in [0, 0.1) is 12.7 Å². The number of hydrogen-bond acceptors (Lipinski definition) is 5. The summed E-state index contributed by atoms with van der Waals surface area (Å²) in [6.45, 7) is 2.34. The smallest absolute Gasteiger partial charge is 0.321 e. The van der Waals surface area contributed by atoms with Crippen molar-refractivity contribution < 1.29 is 14.0 Å². The number of carbonyl (C=O) groups excluding carboxylic acids is 2. The van der Waals surface area contributed by atoms with Crippen LogP contribution in [0.15, 0.2) is 48.1 Å². The molecule has 2 N–H and O–H groups in total. The standard InChI is InChI=1S/C20H20FN5O2S/c1-13-9-22-7-6-17(13)18(27)26(2)11-16-12-29-20(24-16)25-19(28)23-10-14-4-3-5-15(21)8-14/h3-9,12H,10-11H2,1-2H3,(H2,23,24,25,28). The van der Waals surface area contributed by atoms with Gasteiger partial charge in [0, 0.05) is 36.9 Å². The Labute approximate surface area is 171 Å². The van der Waals surface area contributed by atoms with Crippen LogP contribution < -0.4 is 10.6 Å². The number of urea groups is 1. The average molecular weight is 413 g/mol. The number of carbonyl (C=O) groups is 2. The second kappa shape index (κ2) is 9.24. The molecule has 0 aliphatic carbocycles. The van der Waals surface area contributed by atoms with E-state index in [2.05, 4.69) is 20.6 Å². The third-order valence-electron chi connectivity index (χ3n) is 4.11. The summed E-state index contributed by atoms with van der Waals surface area (Å²) < 4.78 is 13.2. The molecular formula is C20H20FN5O2S. The Balaban J connectivity index is 1.53. The molecule has 0 unspecified atom stereocenters. The van der Waals surface area contributed by atoms with Gasteiger partial charge in [-0.05, 0) is 36.2 Å². The van der Waals surface area contributed by atoms with E-state index in [-0.39, 0.29) is 18.3 Å². The molecule has 2 aromatic heterocycles. The van der Waals surface area contributed by atoms with Crippen LogP contribution in [0.3, 0.4) is 0 Å². The molecule has 29 heavy (non-hydrogen) atoms. The first kappa shape index (κ1) is 20.4. The number of anilines is 1. The van der Waals surface area contributed by atoms with E-state index in [1.807, 2.05) is 6.92 Å². The molecule has 0 aliphatic rings. The average Bonchev–Trinajstić information content (AvgIpc) is 3.13. The Hall–Kier alpha value is -3.33. The summed E-state index contributed by atoms with van der Waals surface area (Å²) in [7, 11) is 1.69. The molecule has 0 spiro atoms. The second-order valence-corrected chi connectivity index (χ2v) is 7.29. The fraction of sp³-hybridized carbons (Fsp3) is 0.200. The Bertz CT molecular complexity index is 1020. The lowest BCUT2D eigenvalue weighted by atomic mass is 10.1. The summed E-state index contributed by atoms with van der Waals surface area (Å²) >= 11 is 1.26. The van der Waals surface area contributed by atoms with Crippen molar-refractivity contribution in [2.45, 2.75) is 20.0 Å². The highest BCUT2D eigenvalue weighted by molar-refractivity contribution is 7.13. The van der Waals surface area contributed by atoms with Crippen LogP contribution in [0.2, 0.25) is 0 Å². The molecule has 9 heteroatoms. The Morgan fingerprint density at radius 1 is 1.28 bits per heavy atom. The molecule has 3 rings (SSSR count). The maximum atomic E-state index is 13.2. The zero-order chi connectivity index (χ0) is 20.8. The van der Waals surface area contributed by atoms with Gasteiger partial charge in [-0.1, -0.05) is 12.1 Å². The van der Waals surface area contributed by atoms with Crippen LogP contribution in [-0.2, 0) is 13.1 Å². The number of halogens is 1. The number of thiazole rings is 1. The van der Waals surface area contributed by atoms with E-state index in [0.717, 1.165) is 5.56 Å². The number of benzene rings is 1. The van der Waals surface area contributed by atoms with Crippen molar-refractivity contribution in [1.82, 2.24) is 20.2 Å². The molecule has 0 aliphatic heterocycles. The zero-order valence-electron chi connectivity index (χ0n) is 16.0. The monoisotopic (exact) mass is 413 g/mol. The van der Waals surface area contributed by atoms with Gasteiger partial charge in [0.1, 0.15) is 5.82 Å². The molecule has 1 aromatic carbocycles. The summed E-state index contributed by atoms with van der Waals surface area (Å²) in [5.74, 6) is -0.477. The minimum Gasteiger partial charge on any atom is -0.336 e. The highest BCUT2D eigenvalue weighted by Crippen LogP contribution is 2.18. The number of rotatable bonds is 6. The maximum Gasteiger partial charge on any atom is 0.321 e. The fourth-order valence-corrected chi connectivity index (χ4v) is 3.34. The Kier molecular flexibility index (Phi) is 6.50. The first-order valence-corrected chi connectivity index (χ1v) is 9.70. The second-order valence-electron chi connectivity index (χ2n) is 6.43. The van der Waals surface area contributed by atoms with Crippen molar-refractivity contribution in [3.8, 4) is 0 Å². The molecule has 2 heterocycles. The zero-order valence-corrected chi connectivity index (χ0v) is 16.8. The summed E-state index contributed by atoms with van der Waals surface area (Å²) in [5.41, 5.74) is 2.72. The van der Waals surface area contributed by atoms with E-state index in [0.29, 0.717) is 28.5 Å². The first-order chi connectivity index (χ1) is 13.9. The van der Waals surface area contributed by atoms with Crippen molar-refractivity contribution >= 4 is 28.4 Å². The topological polar surface area (TPSA) is 87.2 Å². The van der Waals surface area contributed by atoms with Crippen molar-refractivity contribution in [1.29, 1.82) is 0 Å². The third kappa shape index (κ3) is 5.58. The van der Waals surface area contributed by atoms with E-state index in [9.17, 15) is 14.0 Å². The molecular weight excluding hydrogens is 393 g/mol. The molecule has 3 amide bonds. The van der Waals surface area contributed by atoms with Crippen molar-refractivity contribution in [3.05, 3.63) is 76.3 Å². The lowest BCUT2D eigenvalue weighted by Gasteiger charge is -2.16. The lowest BCUT2D eigenvalue weighted by molar-refractivity contribution is 0.0782. The molecule has 0 saturated carbocycles. The predicted molar refractivity (Wildman–Crippen MR) is 109 cm³/mol. The van der Waals surface area contributed by atoms with Crippen LogP contribution in [0.4, 0.5) is 14.3 Å². The van der Waals surface area contributed by atoms with Crippen LogP contribution in [0.5, 0.6) is 0 Å². The van der Waals surface area contributed by atoms with Gasteiger partial charge in [-0.3, -0.25) is 15.1 Å². The summed E-state index contributed by atoms with van der Waals surface area (Å²) in [5, 5.41) is 7.49. The molecule has 0 bridgehead atoms. The van der Waals surface area contributed by atoms with Gasteiger partial charge in [0.05, 0.1) is 12.2 Å². The minimum atomic E-state index is -0.438. The maximum absolute atomic E-state index is 13.2. The summed E-state index contributed by atoms with van der Waals surface area (Å²) in [6.07, 6.45) is 3.23. The van der Waals surface area contributed by atoms with E-state index in [4.69, 9.17) is 0 Å². The van der Waals surface area contributed by atoms with Gasteiger partial charge in [0.2, 0.25) is 0 Å². The highest BCUT2D eigenvalue weighted by Gasteiger charge is 2.16. The summed E-state index contributed by atoms with van der Waals surface area (Å²) in [4.78, 5) is 34.5. The quantitative estimate of drug-likeness (QED) is 0.647. The fourth-order valence-electron chi connectivity index (χ4n) is 2.64. The SMILES string of the molecule is Cc1cnccc1C(=O)N(C)Cc1csc(NC(=O)NCc2cccc(F)c2)n1. The molecule has 0 saturated heterocycles. The number of nitrogens with one attached hydrogen (secondary N) is 2. The first-order valence-electron chi connectivity index (χ1n) is 8.82. The largest absolute Gasteiger partial charge is 0.336 e. The third-order valence-corrected chi connectivity index (χ3v) is 4.92. The highest BCUT2D eigenvalue weighted by atomic mass is 32.1. The summed E-state index contributed by atoms with van der Waals surface area (Å²) in [6, 6.07) is 7.26. The molecule has 3 aromatic rings. The van der Waals surface area contributed by atoms with Gasteiger partial charge in [0.15, 0.2) is 5.13 Å². The molecule has 7 nitrogen and oxygen atoms in total. The predicted octanol–water partition coefficient (Wildman–Crippen LogP) is 3.58. The van der Waals surface area contributed by atoms with Gasteiger partial charge in [-0.25, -0.2) is 14.2 Å². The number of aryl methyl sites for hydroxylation is 1. The number of aromatic nitrogens is 2. The minimum absolute atomic E-state index is 0.125. The molecule has 0 atom stereocenters. The normalized spacial score (nSPS) is 10.4.